The lowest BCUT2D eigenvalue weighted by Crippen LogP contribution is -2.39. The van der Waals surface area contributed by atoms with Crippen molar-refractivity contribution in [2.75, 3.05) is 44.7 Å². The molecule has 0 saturated heterocycles. The maximum absolute atomic E-state index is 12.6. The molecule has 0 amide bonds. The molecule has 0 saturated carbocycles. The molecule has 0 bridgehead atoms. The van der Waals surface area contributed by atoms with E-state index in [2.05, 4.69) is 30.9 Å². The van der Waals surface area contributed by atoms with Crippen LogP contribution in [-0.2, 0) is 10.9 Å². The predicted octanol–water partition coefficient (Wildman–Crippen LogP) is 1.50. The minimum atomic E-state index is -4.48. The predicted molar refractivity (Wildman–Crippen MR) is 86.0 cm³/mol. The van der Waals surface area contributed by atoms with Gasteiger partial charge in [-0.1, -0.05) is 0 Å². The summed E-state index contributed by atoms with van der Waals surface area (Å²) in [5.74, 6) is 0.550. The molecule has 0 aromatic carbocycles. The number of ether oxygens (including phenoxy) is 1. The monoisotopic (exact) mass is 348 g/mol. The van der Waals surface area contributed by atoms with E-state index in [0.717, 1.165) is 12.3 Å². The lowest BCUT2D eigenvalue weighted by molar-refractivity contribution is -0.141. The first kappa shape index (κ1) is 19.9. The molecule has 24 heavy (non-hydrogen) atoms. The number of aliphatic imine (C=N–C) groups is 1. The Morgan fingerprint density at radius 2 is 2.04 bits per heavy atom. The first-order valence-corrected chi connectivity index (χ1v) is 7.71. The van der Waals surface area contributed by atoms with Crippen LogP contribution in [0.2, 0.25) is 0 Å². The van der Waals surface area contributed by atoms with Crippen molar-refractivity contribution in [1.82, 2.24) is 20.6 Å². The second kappa shape index (κ2) is 10.6. The second-order valence-corrected chi connectivity index (χ2v) is 4.57. The van der Waals surface area contributed by atoms with E-state index in [4.69, 9.17) is 4.74 Å². The number of nitrogens with zero attached hydrogens (tertiary/aromatic N) is 3. The molecule has 1 aromatic rings. The first-order chi connectivity index (χ1) is 11.5. The topological polar surface area (TPSA) is 83.5 Å². The van der Waals surface area contributed by atoms with Crippen LogP contribution in [0.3, 0.4) is 0 Å². The number of nitrogens with one attached hydrogen (secondary N) is 3. The van der Waals surface area contributed by atoms with Gasteiger partial charge in [-0.05, 0) is 19.9 Å². The minimum absolute atomic E-state index is 0.0649. The number of hydrogen-bond donors (Lipinski definition) is 3. The SMILES string of the molecule is CCNC(=NCCOCC)NCCNc1nccc(C(F)(F)F)n1. The highest BCUT2D eigenvalue weighted by molar-refractivity contribution is 5.79. The summed E-state index contributed by atoms with van der Waals surface area (Å²) < 4.78 is 42.9. The van der Waals surface area contributed by atoms with E-state index in [9.17, 15) is 13.2 Å². The van der Waals surface area contributed by atoms with Crippen molar-refractivity contribution < 1.29 is 17.9 Å². The largest absolute Gasteiger partial charge is 0.433 e. The third-order valence-corrected chi connectivity index (χ3v) is 2.70. The van der Waals surface area contributed by atoms with Crippen LogP contribution in [0, 0.1) is 0 Å². The molecular formula is C14H23F3N6O. The van der Waals surface area contributed by atoms with Crippen LogP contribution in [-0.4, -0.2) is 55.3 Å². The minimum Gasteiger partial charge on any atom is -0.380 e. The van der Waals surface area contributed by atoms with E-state index in [-0.39, 0.29) is 5.95 Å². The van der Waals surface area contributed by atoms with Gasteiger partial charge in [0.05, 0.1) is 13.2 Å². The van der Waals surface area contributed by atoms with Crippen LogP contribution >= 0.6 is 0 Å². The van der Waals surface area contributed by atoms with E-state index in [0.29, 0.717) is 45.4 Å². The Kier molecular flexibility index (Phi) is 8.84. The van der Waals surface area contributed by atoms with Crippen molar-refractivity contribution in [2.45, 2.75) is 20.0 Å². The average molecular weight is 348 g/mol. The standard InChI is InChI=1S/C14H23F3N6O/c1-3-18-12(22-9-10-24-4-2)20-7-8-21-13-19-6-5-11(23-13)14(15,16)17/h5-6H,3-4,7-10H2,1-2H3,(H2,18,20,22)(H,19,21,23). The zero-order valence-corrected chi connectivity index (χ0v) is 13.8. The molecule has 0 atom stereocenters. The van der Waals surface area contributed by atoms with E-state index in [1.807, 2.05) is 13.8 Å². The normalized spacial score (nSPS) is 12.1. The summed E-state index contributed by atoms with van der Waals surface area (Å²) >= 11 is 0. The third kappa shape index (κ3) is 7.95. The molecule has 10 heteroatoms. The van der Waals surface area contributed by atoms with Crippen molar-refractivity contribution in [3.63, 3.8) is 0 Å². The number of hydrogen-bond acceptors (Lipinski definition) is 5. The van der Waals surface area contributed by atoms with E-state index >= 15 is 0 Å². The molecule has 7 nitrogen and oxygen atoms in total. The maximum atomic E-state index is 12.6. The fourth-order valence-electron chi connectivity index (χ4n) is 1.67. The zero-order valence-electron chi connectivity index (χ0n) is 13.8. The van der Waals surface area contributed by atoms with Gasteiger partial charge < -0.3 is 20.7 Å². The van der Waals surface area contributed by atoms with Gasteiger partial charge in [-0.15, -0.1) is 0 Å². The Morgan fingerprint density at radius 3 is 2.71 bits per heavy atom. The highest BCUT2D eigenvalue weighted by Crippen LogP contribution is 2.27. The Morgan fingerprint density at radius 1 is 1.25 bits per heavy atom. The lowest BCUT2D eigenvalue weighted by atomic mass is 10.4. The van der Waals surface area contributed by atoms with Crippen molar-refractivity contribution >= 4 is 11.9 Å². The molecule has 0 aliphatic rings. The molecule has 1 heterocycles. The molecule has 1 rings (SSSR count). The highest BCUT2D eigenvalue weighted by atomic mass is 19.4. The smallest absolute Gasteiger partial charge is 0.380 e. The van der Waals surface area contributed by atoms with E-state index in [1.165, 1.54) is 0 Å². The van der Waals surface area contributed by atoms with Gasteiger partial charge in [-0.3, -0.25) is 4.99 Å². The molecule has 0 fully saturated rings. The van der Waals surface area contributed by atoms with Crippen LogP contribution in [0.5, 0.6) is 0 Å². The van der Waals surface area contributed by atoms with Crippen LogP contribution < -0.4 is 16.0 Å². The van der Waals surface area contributed by atoms with E-state index in [1.54, 1.807) is 0 Å². The summed E-state index contributed by atoms with van der Waals surface area (Å²) in [6.45, 7) is 7.03. The van der Waals surface area contributed by atoms with Gasteiger partial charge >= 0.3 is 6.18 Å². The van der Waals surface area contributed by atoms with Crippen LogP contribution in [0.1, 0.15) is 19.5 Å². The summed E-state index contributed by atoms with van der Waals surface area (Å²) in [7, 11) is 0. The molecule has 0 spiro atoms. The third-order valence-electron chi connectivity index (χ3n) is 2.70. The molecular weight excluding hydrogens is 325 g/mol. The summed E-state index contributed by atoms with van der Waals surface area (Å²) in [6.07, 6.45) is -3.41. The van der Waals surface area contributed by atoms with Gasteiger partial charge in [0.25, 0.3) is 0 Å². The summed E-state index contributed by atoms with van der Waals surface area (Å²) in [5.41, 5.74) is -0.973. The van der Waals surface area contributed by atoms with Crippen molar-refractivity contribution in [3.05, 3.63) is 18.0 Å². The molecule has 136 valence electrons. The van der Waals surface area contributed by atoms with Crippen LogP contribution in [0.25, 0.3) is 0 Å². The number of alkyl halides is 3. The summed E-state index contributed by atoms with van der Waals surface area (Å²) in [4.78, 5) is 11.5. The average Bonchev–Trinajstić information content (AvgIpc) is 2.55. The molecule has 3 N–H and O–H groups in total. The fourth-order valence-corrected chi connectivity index (χ4v) is 1.67. The number of rotatable bonds is 9. The second-order valence-electron chi connectivity index (χ2n) is 4.57. The Balaban J connectivity index is 2.40. The molecule has 0 unspecified atom stereocenters. The van der Waals surface area contributed by atoms with Gasteiger partial charge in [0.2, 0.25) is 5.95 Å². The van der Waals surface area contributed by atoms with Gasteiger partial charge in [0, 0.05) is 32.4 Å². The number of guanidine groups is 1. The van der Waals surface area contributed by atoms with Crippen molar-refractivity contribution in [3.8, 4) is 0 Å². The lowest BCUT2D eigenvalue weighted by Gasteiger charge is -2.12. The maximum Gasteiger partial charge on any atom is 0.433 e. The summed E-state index contributed by atoms with van der Waals surface area (Å²) in [5, 5.41) is 8.86. The number of aromatic nitrogens is 2. The van der Waals surface area contributed by atoms with Crippen LogP contribution in [0.15, 0.2) is 17.3 Å². The van der Waals surface area contributed by atoms with Gasteiger partial charge in [0.15, 0.2) is 5.96 Å². The van der Waals surface area contributed by atoms with Crippen LogP contribution in [0.4, 0.5) is 19.1 Å². The fraction of sp³-hybridized carbons (Fsp3) is 0.643. The molecule has 1 aromatic heterocycles. The van der Waals surface area contributed by atoms with Crippen molar-refractivity contribution in [1.29, 1.82) is 0 Å². The molecule has 0 radical (unpaired) electrons. The Bertz CT molecular complexity index is 510. The van der Waals surface area contributed by atoms with Crippen molar-refractivity contribution in [2.24, 2.45) is 4.99 Å². The number of halogens is 3. The van der Waals surface area contributed by atoms with Gasteiger partial charge in [-0.2, -0.15) is 13.2 Å². The quantitative estimate of drug-likeness (QED) is 0.356. The van der Waals surface area contributed by atoms with Gasteiger partial charge in [-0.25, -0.2) is 9.97 Å². The van der Waals surface area contributed by atoms with E-state index < -0.39 is 11.9 Å². The molecule has 0 aliphatic carbocycles. The highest BCUT2D eigenvalue weighted by Gasteiger charge is 2.32. The first-order valence-electron chi connectivity index (χ1n) is 7.71. The zero-order chi connectivity index (χ0) is 17.8. The van der Waals surface area contributed by atoms with Gasteiger partial charge in [0.1, 0.15) is 5.69 Å². The molecule has 0 aliphatic heterocycles. The summed E-state index contributed by atoms with van der Waals surface area (Å²) in [6, 6.07) is 0.831. The Hall–Kier alpha value is -2.10. The number of anilines is 1. The Labute approximate surface area is 139 Å².